The van der Waals surface area contributed by atoms with Crippen molar-refractivity contribution in [2.75, 3.05) is 38.0 Å². The van der Waals surface area contributed by atoms with Gasteiger partial charge >= 0.3 is 0 Å². The predicted molar refractivity (Wildman–Crippen MR) is 162 cm³/mol. The van der Waals surface area contributed by atoms with E-state index in [9.17, 15) is 4.39 Å². The first-order valence-corrected chi connectivity index (χ1v) is 15.2. The van der Waals surface area contributed by atoms with Crippen LogP contribution in [0.2, 0.25) is 0 Å². The minimum Gasteiger partial charge on any atom is -0.326 e. The summed E-state index contributed by atoms with van der Waals surface area (Å²) in [5.41, 5.74) is 2.46. The average molecular weight is 575 g/mol. The molecule has 0 aliphatic carbocycles. The van der Waals surface area contributed by atoms with Gasteiger partial charge in [0.15, 0.2) is 11.6 Å². The van der Waals surface area contributed by atoms with Crippen molar-refractivity contribution in [2.24, 2.45) is 5.92 Å². The van der Waals surface area contributed by atoms with E-state index < -0.39 is 11.6 Å². The molecule has 0 radical (unpaired) electrons. The number of likely N-dealkylation sites (tertiary alicyclic amines) is 2. The van der Waals surface area contributed by atoms with E-state index in [2.05, 4.69) is 43.1 Å². The maximum Gasteiger partial charge on any atom is 0.229 e. The van der Waals surface area contributed by atoms with Gasteiger partial charge in [-0.05, 0) is 109 Å². The molecule has 10 heteroatoms. The Bertz CT molecular complexity index is 1540. The minimum atomic E-state index is -0.627. The molecule has 4 aromatic rings. The molecule has 1 aromatic carbocycles. The lowest BCUT2D eigenvalue weighted by Crippen LogP contribution is -2.40. The largest absolute Gasteiger partial charge is 0.326 e. The maximum atomic E-state index is 15.1. The van der Waals surface area contributed by atoms with Gasteiger partial charge in [-0.1, -0.05) is 13.0 Å². The first-order chi connectivity index (χ1) is 20.3. The molecule has 6 rings (SSSR count). The lowest BCUT2D eigenvalue weighted by molar-refractivity contribution is 0.104. The first kappa shape index (κ1) is 28.6. The second kappa shape index (κ2) is 12.0. The number of benzene rings is 1. The number of anilines is 2. The second-order valence-electron chi connectivity index (χ2n) is 11.9. The third-order valence-corrected chi connectivity index (χ3v) is 8.89. The number of imidazole rings is 1. The van der Waals surface area contributed by atoms with Gasteiger partial charge in [-0.25, -0.2) is 28.7 Å². The summed E-state index contributed by atoms with van der Waals surface area (Å²) in [5.74, 6) is 0.953. The van der Waals surface area contributed by atoms with Crippen molar-refractivity contribution < 1.29 is 8.78 Å². The molecule has 2 aliphatic rings. The smallest absolute Gasteiger partial charge is 0.229 e. The van der Waals surface area contributed by atoms with Crippen LogP contribution in [-0.2, 0) is 0 Å². The molecule has 2 saturated heterocycles. The van der Waals surface area contributed by atoms with Crippen LogP contribution in [0.4, 0.5) is 20.5 Å². The van der Waals surface area contributed by atoms with Gasteiger partial charge in [0.25, 0.3) is 0 Å². The zero-order valence-corrected chi connectivity index (χ0v) is 24.9. The average Bonchev–Trinajstić information content (AvgIpc) is 3.63. The van der Waals surface area contributed by atoms with Crippen LogP contribution in [-0.4, -0.2) is 67.0 Å². The summed E-state index contributed by atoms with van der Waals surface area (Å²) < 4.78 is 32.0. The van der Waals surface area contributed by atoms with Crippen LogP contribution in [0.3, 0.4) is 0 Å². The quantitative estimate of drug-likeness (QED) is 0.252. The maximum absolute atomic E-state index is 15.1. The molecule has 1 atom stereocenters. The third-order valence-electron chi connectivity index (χ3n) is 8.89. The Balaban J connectivity index is 1.25. The number of nitrogens with one attached hydrogen (secondary N) is 1. The van der Waals surface area contributed by atoms with Crippen LogP contribution in [0.1, 0.15) is 69.9 Å². The Morgan fingerprint density at radius 1 is 0.952 bits per heavy atom. The molecule has 2 aliphatic heterocycles. The van der Waals surface area contributed by atoms with E-state index in [1.54, 1.807) is 6.07 Å². The number of pyridine rings is 1. The summed E-state index contributed by atoms with van der Waals surface area (Å²) >= 11 is 0. The van der Waals surface area contributed by atoms with Crippen LogP contribution in [0.15, 0.2) is 36.7 Å². The van der Waals surface area contributed by atoms with Gasteiger partial charge < -0.3 is 14.8 Å². The Morgan fingerprint density at radius 2 is 1.71 bits per heavy atom. The van der Waals surface area contributed by atoms with Gasteiger partial charge in [0.05, 0.1) is 11.7 Å². The van der Waals surface area contributed by atoms with Crippen LogP contribution < -0.4 is 5.32 Å². The van der Waals surface area contributed by atoms with Crippen molar-refractivity contribution >= 4 is 22.8 Å². The van der Waals surface area contributed by atoms with Gasteiger partial charge in [-0.15, -0.1) is 0 Å². The van der Waals surface area contributed by atoms with E-state index >= 15 is 4.39 Å². The molecule has 2 fully saturated rings. The van der Waals surface area contributed by atoms with Crippen molar-refractivity contribution in [3.05, 3.63) is 59.7 Å². The molecule has 0 saturated carbocycles. The molecule has 3 aromatic heterocycles. The highest BCUT2D eigenvalue weighted by Gasteiger charge is 2.33. The van der Waals surface area contributed by atoms with E-state index in [0.29, 0.717) is 34.7 Å². The Kier molecular flexibility index (Phi) is 8.18. The fourth-order valence-corrected chi connectivity index (χ4v) is 6.84. The van der Waals surface area contributed by atoms with Crippen LogP contribution in [0.25, 0.3) is 22.3 Å². The summed E-state index contributed by atoms with van der Waals surface area (Å²) in [7, 11) is 0. The molecule has 1 N–H and O–H groups in total. The summed E-state index contributed by atoms with van der Waals surface area (Å²) in [4.78, 5) is 22.8. The second-order valence-corrected chi connectivity index (χ2v) is 11.9. The van der Waals surface area contributed by atoms with Gasteiger partial charge in [0.1, 0.15) is 22.9 Å². The minimum absolute atomic E-state index is 0.0200. The van der Waals surface area contributed by atoms with Gasteiger partial charge in [-0.3, -0.25) is 4.90 Å². The van der Waals surface area contributed by atoms with Crippen LogP contribution in [0, 0.1) is 24.5 Å². The summed E-state index contributed by atoms with van der Waals surface area (Å²) in [5, 5.41) is 3.12. The zero-order chi connectivity index (χ0) is 29.4. The van der Waals surface area contributed by atoms with Crippen molar-refractivity contribution in [3.63, 3.8) is 0 Å². The zero-order valence-electron chi connectivity index (χ0n) is 24.9. The fourth-order valence-electron chi connectivity index (χ4n) is 6.84. The van der Waals surface area contributed by atoms with Gasteiger partial charge in [-0.2, -0.15) is 0 Å². The predicted octanol–water partition coefficient (Wildman–Crippen LogP) is 6.67. The highest BCUT2D eigenvalue weighted by molar-refractivity contribution is 5.83. The van der Waals surface area contributed by atoms with E-state index in [-0.39, 0.29) is 23.2 Å². The summed E-state index contributed by atoms with van der Waals surface area (Å²) in [6, 6.07) is 7.56. The molecule has 1 unspecified atom stereocenters. The number of aromatic nitrogens is 5. The monoisotopic (exact) mass is 574 g/mol. The standard InChI is InChI=1S/C32H40F2N8/c1-5-40-14-10-22(11-15-40)31(41-12-6-7-13-41)23-8-9-28(35-18-23)38-32-36-19-26(34)29(39-32)24-16-25(33)30-27(17-24)42(20(2)3)21(4)37-30/h8-9,16-20,22,31H,5-7,10-15H2,1-4H3,(H,35,36,38,39). The molecule has 42 heavy (non-hydrogen) atoms. The Hall–Kier alpha value is -3.50. The van der Waals surface area contributed by atoms with Gasteiger partial charge in [0, 0.05) is 23.8 Å². The van der Waals surface area contributed by atoms with Crippen molar-refractivity contribution in [1.29, 1.82) is 0 Å². The van der Waals surface area contributed by atoms with Crippen molar-refractivity contribution in [1.82, 2.24) is 34.3 Å². The van der Waals surface area contributed by atoms with Crippen molar-refractivity contribution in [2.45, 2.75) is 65.5 Å². The number of rotatable bonds is 8. The SMILES string of the molecule is CCN1CCC(C(c2ccc(Nc3ncc(F)c(-c4cc(F)c5nc(C)n(C(C)C)c5c4)n3)nc2)N2CCCC2)CC1. The normalized spacial score (nSPS) is 17.9. The molecular weight excluding hydrogens is 534 g/mol. The number of nitrogens with zero attached hydrogens (tertiary/aromatic N) is 7. The van der Waals surface area contributed by atoms with E-state index in [0.717, 1.165) is 38.9 Å². The highest BCUT2D eigenvalue weighted by Crippen LogP contribution is 2.38. The van der Waals surface area contributed by atoms with Crippen LogP contribution in [0.5, 0.6) is 0 Å². The van der Waals surface area contributed by atoms with Crippen molar-refractivity contribution in [3.8, 4) is 11.3 Å². The number of halogens is 2. The number of hydrogen-bond donors (Lipinski definition) is 1. The Labute approximate surface area is 246 Å². The fraction of sp³-hybridized carbons (Fsp3) is 0.500. The number of hydrogen-bond acceptors (Lipinski definition) is 7. The summed E-state index contributed by atoms with van der Waals surface area (Å²) in [6.07, 6.45) is 7.96. The number of aryl methyl sites for hydroxylation is 1. The number of piperidine rings is 1. The topological polar surface area (TPSA) is 75.0 Å². The summed E-state index contributed by atoms with van der Waals surface area (Å²) in [6.45, 7) is 13.8. The van der Waals surface area contributed by atoms with E-state index in [1.807, 2.05) is 37.6 Å². The molecule has 0 spiro atoms. The highest BCUT2D eigenvalue weighted by atomic mass is 19.1. The molecule has 5 heterocycles. The molecule has 8 nitrogen and oxygen atoms in total. The lowest BCUT2D eigenvalue weighted by Gasteiger charge is -2.40. The Morgan fingerprint density at radius 3 is 2.38 bits per heavy atom. The molecule has 0 bridgehead atoms. The molecule has 222 valence electrons. The number of fused-ring (bicyclic) bond motifs is 1. The lowest BCUT2D eigenvalue weighted by atomic mass is 9.85. The third kappa shape index (κ3) is 5.62. The molecular formula is C32H40F2N8. The first-order valence-electron chi connectivity index (χ1n) is 15.2. The molecule has 0 amide bonds. The van der Waals surface area contributed by atoms with Gasteiger partial charge in [0.2, 0.25) is 5.95 Å². The van der Waals surface area contributed by atoms with Crippen LogP contribution >= 0.6 is 0 Å². The van der Waals surface area contributed by atoms with E-state index in [1.165, 1.54) is 37.3 Å². The van der Waals surface area contributed by atoms with E-state index in [4.69, 9.17) is 4.98 Å².